The van der Waals surface area contributed by atoms with Crippen LogP contribution in [0.5, 0.6) is 0 Å². The summed E-state index contributed by atoms with van der Waals surface area (Å²) in [4.78, 5) is 11.4. The molecular weight excluding hydrogens is 198 g/mol. The predicted octanol–water partition coefficient (Wildman–Crippen LogP) is 2.37. The Morgan fingerprint density at radius 1 is 1.57 bits per heavy atom. The molecule has 0 N–H and O–H groups in total. The van der Waals surface area contributed by atoms with E-state index in [9.17, 15) is 4.79 Å². The highest BCUT2D eigenvalue weighted by atomic mass is 32.2. The van der Waals surface area contributed by atoms with Crippen molar-refractivity contribution in [3.63, 3.8) is 0 Å². The second-order valence-electron chi connectivity index (χ2n) is 2.84. The van der Waals surface area contributed by atoms with Crippen molar-refractivity contribution in [3.8, 4) is 6.07 Å². The number of esters is 1. The van der Waals surface area contributed by atoms with Gasteiger partial charge in [0.2, 0.25) is 0 Å². The third kappa shape index (κ3) is 5.87. The predicted molar refractivity (Wildman–Crippen MR) is 58.0 cm³/mol. The van der Waals surface area contributed by atoms with E-state index in [2.05, 4.69) is 6.07 Å². The summed E-state index contributed by atoms with van der Waals surface area (Å²) in [6, 6.07) is 2.06. The van der Waals surface area contributed by atoms with Crippen LogP contribution in [0.1, 0.15) is 33.1 Å². The SMILES string of the molecule is CCCOC(=O)C(CC)SCCC#N. The van der Waals surface area contributed by atoms with Crippen LogP contribution in [0.25, 0.3) is 0 Å². The zero-order valence-electron chi connectivity index (χ0n) is 8.78. The molecule has 1 unspecified atom stereocenters. The van der Waals surface area contributed by atoms with Gasteiger partial charge in [0, 0.05) is 12.2 Å². The average Bonchev–Trinajstić information content (AvgIpc) is 2.21. The molecular formula is C10H17NO2S. The van der Waals surface area contributed by atoms with Crippen LogP contribution in [0.15, 0.2) is 0 Å². The van der Waals surface area contributed by atoms with Gasteiger partial charge in [-0.25, -0.2) is 0 Å². The van der Waals surface area contributed by atoms with Gasteiger partial charge in [0.1, 0.15) is 5.25 Å². The van der Waals surface area contributed by atoms with E-state index in [4.69, 9.17) is 10.00 Å². The lowest BCUT2D eigenvalue weighted by molar-refractivity contribution is -0.143. The molecule has 1 atom stereocenters. The fourth-order valence-corrected chi connectivity index (χ4v) is 1.83. The van der Waals surface area contributed by atoms with Crippen molar-refractivity contribution in [1.82, 2.24) is 0 Å². The molecule has 4 heteroatoms. The molecule has 0 fully saturated rings. The van der Waals surface area contributed by atoms with E-state index in [0.717, 1.165) is 12.8 Å². The molecule has 0 heterocycles. The summed E-state index contributed by atoms with van der Waals surface area (Å²) in [5.74, 6) is 0.563. The highest BCUT2D eigenvalue weighted by Crippen LogP contribution is 2.16. The normalized spacial score (nSPS) is 11.8. The van der Waals surface area contributed by atoms with Crippen LogP contribution in [0, 0.1) is 11.3 Å². The lowest BCUT2D eigenvalue weighted by Crippen LogP contribution is -2.20. The summed E-state index contributed by atoms with van der Waals surface area (Å²) in [5, 5.41) is 8.25. The van der Waals surface area contributed by atoms with Gasteiger partial charge >= 0.3 is 5.97 Å². The molecule has 3 nitrogen and oxygen atoms in total. The van der Waals surface area contributed by atoms with Crippen molar-refractivity contribution in [2.75, 3.05) is 12.4 Å². The minimum atomic E-state index is -0.141. The fraction of sp³-hybridized carbons (Fsp3) is 0.800. The van der Waals surface area contributed by atoms with Gasteiger partial charge in [0.25, 0.3) is 0 Å². The van der Waals surface area contributed by atoms with Gasteiger partial charge in [-0.1, -0.05) is 13.8 Å². The summed E-state index contributed by atoms with van der Waals surface area (Å²) < 4.78 is 5.03. The largest absolute Gasteiger partial charge is 0.465 e. The Balaban J connectivity index is 3.76. The third-order valence-electron chi connectivity index (χ3n) is 1.62. The molecule has 0 aromatic heterocycles. The topological polar surface area (TPSA) is 50.1 Å². The molecule has 0 bridgehead atoms. The number of hydrogen-bond donors (Lipinski definition) is 0. The Labute approximate surface area is 89.8 Å². The standard InChI is InChI=1S/C10H17NO2S/c1-3-7-13-10(12)9(4-2)14-8-5-6-11/h9H,3-5,7-8H2,1-2H3. The van der Waals surface area contributed by atoms with Crippen LogP contribution in [0.2, 0.25) is 0 Å². The van der Waals surface area contributed by atoms with Gasteiger partial charge in [-0.2, -0.15) is 5.26 Å². The van der Waals surface area contributed by atoms with Gasteiger partial charge < -0.3 is 4.74 Å². The molecule has 0 radical (unpaired) electrons. The zero-order valence-corrected chi connectivity index (χ0v) is 9.60. The second-order valence-corrected chi connectivity index (χ2v) is 4.15. The maximum Gasteiger partial charge on any atom is 0.319 e. The van der Waals surface area contributed by atoms with E-state index < -0.39 is 0 Å². The zero-order chi connectivity index (χ0) is 10.8. The lowest BCUT2D eigenvalue weighted by atomic mass is 10.3. The number of hydrogen-bond acceptors (Lipinski definition) is 4. The first-order valence-electron chi connectivity index (χ1n) is 4.91. The van der Waals surface area contributed by atoms with Crippen LogP contribution < -0.4 is 0 Å². The average molecular weight is 215 g/mol. The highest BCUT2D eigenvalue weighted by molar-refractivity contribution is 8.00. The second kappa shape index (κ2) is 8.89. The summed E-state index contributed by atoms with van der Waals surface area (Å²) >= 11 is 1.51. The lowest BCUT2D eigenvalue weighted by Gasteiger charge is -2.12. The minimum Gasteiger partial charge on any atom is -0.465 e. The summed E-state index contributed by atoms with van der Waals surface area (Å²) in [6.07, 6.45) is 2.10. The molecule has 0 saturated heterocycles. The highest BCUT2D eigenvalue weighted by Gasteiger charge is 2.17. The van der Waals surface area contributed by atoms with E-state index in [0.29, 0.717) is 18.8 Å². The molecule has 0 aliphatic heterocycles. The quantitative estimate of drug-likeness (QED) is 0.483. The Morgan fingerprint density at radius 2 is 2.29 bits per heavy atom. The van der Waals surface area contributed by atoms with Crippen molar-refractivity contribution in [2.24, 2.45) is 0 Å². The smallest absolute Gasteiger partial charge is 0.319 e. The van der Waals surface area contributed by atoms with Gasteiger partial charge in [-0.05, 0) is 12.8 Å². The first-order chi connectivity index (χ1) is 6.76. The van der Waals surface area contributed by atoms with Crippen molar-refractivity contribution in [2.45, 2.75) is 38.4 Å². The van der Waals surface area contributed by atoms with Crippen LogP contribution in [-0.2, 0) is 9.53 Å². The monoisotopic (exact) mass is 215 g/mol. The number of nitriles is 1. The summed E-state index contributed by atoms with van der Waals surface area (Å²) in [7, 11) is 0. The molecule has 0 aromatic carbocycles. The van der Waals surface area contributed by atoms with Gasteiger partial charge in [0.15, 0.2) is 0 Å². The molecule has 0 saturated carbocycles. The summed E-state index contributed by atoms with van der Waals surface area (Å²) in [6.45, 7) is 4.42. The van der Waals surface area contributed by atoms with Crippen LogP contribution >= 0.6 is 11.8 Å². The molecule has 0 aliphatic rings. The fourth-order valence-electron chi connectivity index (χ4n) is 0.895. The number of carbonyl (C=O) groups excluding carboxylic acids is 1. The maximum atomic E-state index is 11.4. The van der Waals surface area contributed by atoms with E-state index in [1.54, 1.807) is 0 Å². The Morgan fingerprint density at radius 3 is 2.79 bits per heavy atom. The third-order valence-corrected chi connectivity index (χ3v) is 2.98. The molecule has 0 amide bonds. The van der Waals surface area contributed by atoms with E-state index in [1.165, 1.54) is 11.8 Å². The van der Waals surface area contributed by atoms with Gasteiger partial charge in [-0.15, -0.1) is 11.8 Å². The van der Waals surface area contributed by atoms with Gasteiger partial charge in [-0.3, -0.25) is 4.79 Å². The van der Waals surface area contributed by atoms with Crippen molar-refractivity contribution < 1.29 is 9.53 Å². The number of ether oxygens (including phenoxy) is 1. The van der Waals surface area contributed by atoms with E-state index >= 15 is 0 Å². The van der Waals surface area contributed by atoms with Crippen LogP contribution in [0.3, 0.4) is 0 Å². The molecule has 0 aromatic rings. The molecule has 14 heavy (non-hydrogen) atoms. The molecule has 80 valence electrons. The molecule has 0 spiro atoms. The first-order valence-corrected chi connectivity index (χ1v) is 5.96. The molecule has 0 aliphatic carbocycles. The Kier molecular flexibility index (Phi) is 8.45. The van der Waals surface area contributed by atoms with Crippen molar-refractivity contribution >= 4 is 17.7 Å². The number of carbonyl (C=O) groups is 1. The first kappa shape index (κ1) is 13.3. The van der Waals surface area contributed by atoms with E-state index in [1.807, 2.05) is 13.8 Å². The Hall–Kier alpha value is -0.690. The van der Waals surface area contributed by atoms with E-state index in [-0.39, 0.29) is 11.2 Å². The van der Waals surface area contributed by atoms with Crippen LogP contribution in [0.4, 0.5) is 0 Å². The van der Waals surface area contributed by atoms with Gasteiger partial charge in [0.05, 0.1) is 12.7 Å². The minimum absolute atomic E-state index is 0.102. The number of nitrogens with zero attached hydrogens (tertiary/aromatic N) is 1. The number of rotatable bonds is 7. The molecule has 0 rings (SSSR count). The van der Waals surface area contributed by atoms with Crippen LogP contribution in [-0.4, -0.2) is 23.6 Å². The summed E-state index contributed by atoms with van der Waals surface area (Å²) in [5.41, 5.74) is 0. The maximum absolute atomic E-state index is 11.4. The van der Waals surface area contributed by atoms with Crippen molar-refractivity contribution in [1.29, 1.82) is 5.26 Å². The van der Waals surface area contributed by atoms with Crippen molar-refractivity contribution in [3.05, 3.63) is 0 Å². The number of thioether (sulfide) groups is 1. The Bertz CT molecular complexity index is 201.